The van der Waals surface area contributed by atoms with Crippen LogP contribution in [-0.2, 0) is 9.47 Å². The van der Waals surface area contributed by atoms with Gasteiger partial charge < -0.3 is 24.6 Å². The summed E-state index contributed by atoms with van der Waals surface area (Å²) >= 11 is 5.93. The maximum Gasteiger partial charge on any atom is 0.343 e. The van der Waals surface area contributed by atoms with Crippen LogP contribution in [0.1, 0.15) is 34.6 Å². The quantitative estimate of drug-likeness (QED) is 0.236. The molecular weight excluding hydrogens is 538 g/mol. The van der Waals surface area contributed by atoms with Crippen molar-refractivity contribution < 1.29 is 29.3 Å². The molecule has 40 heavy (non-hydrogen) atoms. The molecule has 2 aromatic heterocycles. The number of halogens is 1. The number of aromatic hydroxyl groups is 2. The van der Waals surface area contributed by atoms with Gasteiger partial charge in [0.05, 0.1) is 24.3 Å². The van der Waals surface area contributed by atoms with Gasteiger partial charge in [-0.1, -0.05) is 35.9 Å². The highest BCUT2D eigenvalue weighted by molar-refractivity contribution is 6.32. The number of ether oxygens (including phenoxy) is 2. The van der Waals surface area contributed by atoms with Crippen LogP contribution in [0.4, 0.5) is 5.82 Å². The number of nitrogens with zero attached hydrogens (tertiary/aromatic N) is 5. The van der Waals surface area contributed by atoms with E-state index < -0.39 is 11.9 Å². The standard InChI is InChI=1S/C15H17N3O3.C13H11ClN2O3/c1-4-21-15(20)11-9-16-13(17-14(11)18(2)3)10-7-5-6-8-12(10)19;1-2-19-13(18)9-7-15-12(16-11(9)14)8-5-3-4-6-10(8)17/h5-9,19H,4H2,1-3H3;3-7,17H,2H2,1H3. The summed E-state index contributed by atoms with van der Waals surface area (Å²) in [4.78, 5) is 41.7. The van der Waals surface area contributed by atoms with Gasteiger partial charge in [-0.3, -0.25) is 0 Å². The predicted molar refractivity (Wildman–Crippen MR) is 150 cm³/mol. The Hall–Kier alpha value is -4.77. The summed E-state index contributed by atoms with van der Waals surface area (Å²) in [6.45, 7) is 3.97. The van der Waals surface area contributed by atoms with Crippen molar-refractivity contribution in [3.05, 3.63) is 77.2 Å². The summed E-state index contributed by atoms with van der Waals surface area (Å²) < 4.78 is 9.82. The number of esters is 2. The van der Waals surface area contributed by atoms with E-state index in [1.807, 2.05) is 0 Å². The summed E-state index contributed by atoms with van der Waals surface area (Å²) in [7, 11) is 3.55. The molecule has 0 saturated carbocycles. The van der Waals surface area contributed by atoms with Gasteiger partial charge >= 0.3 is 11.9 Å². The maximum absolute atomic E-state index is 11.9. The predicted octanol–water partition coefficient (Wildman–Crippen LogP) is 4.77. The molecule has 0 aliphatic heterocycles. The minimum atomic E-state index is -0.573. The van der Waals surface area contributed by atoms with Gasteiger partial charge in [-0.15, -0.1) is 0 Å². The number of para-hydroxylation sites is 2. The Morgan fingerprint density at radius 1 is 0.775 bits per heavy atom. The molecule has 0 unspecified atom stereocenters. The Kier molecular flexibility index (Phi) is 10.3. The molecule has 2 N–H and O–H groups in total. The topological polar surface area (TPSA) is 148 Å². The summed E-state index contributed by atoms with van der Waals surface area (Å²) in [6.07, 6.45) is 2.71. The lowest BCUT2D eigenvalue weighted by molar-refractivity contribution is 0.0516. The van der Waals surface area contributed by atoms with Gasteiger partial charge in [-0.2, -0.15) is 0 Å². The van der Waals surface area contributed by atoms with E-state index in [4.69, 9.17) is 21.1 Å². The van der Waals surface area contributed by atoms with Crippen LogP contribution in [0.25, 0.3) is 22.8 Å². The fourth-order valence-electron chi connectivity index (χ4n) is 3.36. The van der Waals surface area contributed by atoms with E-state index in [1.165, 1.54) is 18.5 Å². The minimum absolute atomic E-state index is 0.00768. The van der Waals surface area contributed by atoms with Crippen molar-refractivity contribution >= 4 is 29.4 Å². The first kappa shape index (κ1) is 29.8. The van der Waals surface area contributed by atoms with Gasteiger partial charge in [0, 0.05) is 26.5 Å². The van der Waals surface area contributed by atoms with E-state index in [-0.39, 0.29) is 41.3 Å². The number of hydrogen-bond acceptors (Lipinski definition) is 11. The molecule has 0 atom stereocenters. The Bertz CT molecular complexity index is 1500. The van der Waals surface area contributed by atoms with Gasteiger partial charge in [-0.25, -0.2) is 29.5 Å². The zero-order chi connectivity index (χ0) is 29.2. The summed E-state index contributed by atoms with van der Waals surface area (Å²) in [5.41, 5.74) is 1.35. The summed E-state index contributed by atoms with van der Waals surface area (Å²) in [6, 6.07) is 13.4. The average molecular weight is 566 g/mol. The van der Waals surface area contributed by atoms with E-state index >= 15 is 0 Å². The van der Waals surface area contributed by atoms with Crippen LogP contribution in [0.3, 0.4) is 0 Å². The van der Waals surface area contributed by atoms with Crippen LogP contribution in [0.15, 0.2) is 60.9 Å². The second-order valence-electron chi connectivity index (χ2n) is 8.20. The van der Waals surface area contributed by atoms with Gasteiger partial charge in [0.15, 0.2) is 11.6 Å². The number of carbonyl (C=O) groups excluding carboxylic acids is 2. The number of rotatable bonds is 7. The van der Waals surface area contributed by atoms with E-state index in [0.29, 0.717) is 28.3 Å². The second kappa shape index (κ2) is 13.9. The highest BCUT2D eigenvalue weighted by Crippen LogP contribution is 2.29. The zero-order valence-electron chi connectivity index (χ0n) is 22.3. The van der Waals surface area contributed by atoms with Crippen LogP contribution in [0.2, 0.25) is 5.15 Å². The fourth-order valence-corrected chi connectivity index (χ4v) is 3.56. The Morgan fingerprint density at radius 2 is 1.23 bits per heavy atom. The Labute approximate surface area is 236 Å². The molecule has 0 aliphatic rings. The molecule has 2 aromatic carbocycles. The van der Waals surface area contributed by atoms with Crippen LogP contribution in [-0.4, -0.2) is 69.4 Å². The van der Waals surface area contributed by atoms with E-state index in [1.54, 1.807) is 75.3 Å². The lowest BCUT2D eigenvalue weighted by atomic mass is 10.2. The fraction of sp³-hybridized carbons (Fsp3) is 0.214. The van der Waals surface area contributed by atoms with Crippen LogP contribution in [0.5, 0.6) is 11.5 Å². The van der Waals surface area contributed by atoms with E-state index in [9.17, 15) is 19.8 Å². The second-order valence-corrected chi connectivity index (χ2v) is 8.56. The van der Waals surface area contributed by atoms with Crippen LogP contribution < -0.4 is 4.90 Å². The summed E-state index contributed by atoms with van der Waals surface area (Å²) in [5.74, 6) is 0.137. The molecule has 2 heterocycles. The highest BCUT2D eigenvalue weighted by Gasteiger charge is 2.19. The molecule has 11 nitrogen and oxygen atoms in total. The Morgan fingerprint density at radius 3 is 1.68 bits per heavy atom. The molecule has 208 valence electrons. The van der Waals surface area contributed by atoms with Gasteiger partial charge in [-0.05, 0) is 38.1 Å². The molecule has 0 fully saturated rings. The lowest BCUT2D eigenvalue weighted by Gasteiger charge is -2.16. The molecule has 0 aliphatic carbocycles. The van der Waals surface area contributed by atoms with Crippen LogP contribution >= 0.6 is 11.6 Å². The first-order chi connectivity index (χ1) is 19.2. The largest absolute Gasteiger partial charge is 0.507 e. The van der Waals surface area contributed by atoms with Gasteiger partial charge in [0.2, 0.25) is 0 Å². The maximum atomic E-state index is 11.9. The first-order valence-electron chi connectivity index (χ1n) is 12.2. The number of aromatic nitrogens is 4. The molecule has 0 radical (unpaired) electrons. The normalized spacial score (nSPS) is 10.2. The van der Waals surface area contributed by atoms with Gasteiger partial charge in [0.1, 0.15) is 33.6 Å². The molecule has 0 bridgehead atoms. The Balaban J connectivity index is 0.000000222. The molecule has 0 amide bonds. The third-order valence-corrected chi connectivity index (χ3v) is 5.50. The van der Waals surface area contributed by atoms with Crippen molar-refractivity contribution in [2.45, 2.75) is 13.8 Å². The smallest absolute Gasteiger partial charge is 0.343 e. The number of phenolic OH excluding ortho intramolecular Hbond substituents is 2. The van der Waals surface area contributed by atoms with Gasteiger partial charge in [0.25, 0.3) is 0 Å². The van der Waals surface area contributed by atoms with Crippen molar-refractivity contribution in [1.82, 2.24) is 19.9 Å². The zero-order valence-corrected chi connectivity index (χ0v) is 23.1. The van der Waals surface area contributed by atoms with Crippen molar-refractivity contribution in [1.29, 1.82) is 0 Å². The van der Waals surface area contributed by atoms with Crippen molar-refractivity contribution in [3.8, 4) is 34.3 Å². The van der Waals surface area contributed by atoms with Crippen molar-refractivity contribution in [2.75, 3.05) is 32.2 Å². The number of hydrogen-bond donors (Lipinski definition) is 2. The molecule has 0 spiro atoms. The average Bonchev–Trinajstić information content (AvgIpc) is 2.94. The third-order valence-electron chi connectivity index (χ3n) is 5.22. The third kappa shape index (κ3) is 7.20. The van der Waals surface area contributed by atoms with Crippen molar-refractivity contribution in [2.24, 2.45) is 0 Å². The number of anilines is 1. The van der Waals surface area contributed by atoms with Crippen molar-refractivity contribution in [3.63, 3.8) is 0 Å². The number of benzene rings is 2. The van der Waals surface area contributed by atoms with Crippen LogP contribution in [0, 0.1) is 0 Å². The first-order valence-corrected chi connectivity index (χ1v) is 12.5. The SMILES string of the molecule is CCOC(=O)c1cnc(-c2ccccc2O)nc1Cl.CCOC(=O)c1cnc(-c2ccccc2O)nc1N(C)C. The lowest BCUT2D eigenvalue weighted by Crippen LogP contribution is -2.18. The van der Waals surface area contributed by atoms with E-state index in [2.05, 4.69) is 19.9 Å². The number of phenols is 2. The number of carbonyl (C=O) groups is 2. The monoisotopic (exact) mass is 565 g/mol. The van der Waals surface area contributed by atoms with E-state index in [0.717, 1.165) is 0 Å². The molecular formula is C28H28ClN5O6. The molecule has 0 saturated heterocycles. The summed E-state index contributed by atoms with van der Waals surface area (Å²) in [5, 5.41) is 19.6. The minimum Gasteiger partial charge on any atom is -0.507 e. The highest BCUT2D eigenvalue weighted by atomic mass is 35.5. The molecule has 4 rings (SSSR count). The molecule has 12 heteroatoms. The molecule has 4 aromatic rings.